The molecule has 0 radical (unpaired) electrons. The highest BCUT2D eigenvalue weighted by Gasteiger charge is 2.33. The molecule has 6 heteroatoms. The van der Waals surface area contributed by atoms with Crippen LogP contribution in [0.2, 0.25) is 0 Å². The van der Waals surface area contributed by atoms with Gasteiger partial charge in [0, 0.05) is 25.1 Å². The van der Waals surface area contributed by atoms with E-state index in [2.05, 4.69) is 55.6 Å². The van der Waals surface area contributed by atoms with E-state index in [0.29, 0.717) is 12.8 Å². The Labute approximate surface area is 230 Å². The smallest absolute Gasteiger partial charge is 0.303 e. The first-order valence-electron chi connectivity index (χ1n) is 13.8. The predicted octanol–water partition coefficient (Wildman–Crippen LogP) is 7.14. The van der Waals surface area contributed by atoms with Gasteiger partial charge < -0.3 is 9.84 Å². The second kappa shape index (κ2) is 11.6. The summed E-state index contributed by atoms with van der Waals surface area (Å²) in [7, 11) is 1.73. The normalized spacial score (nSPS) is 17.1. The SMILES string of the molecule is COC(NC1CCC(C)(C)c2ccccc21)c1ccc2nc(-c3ccccc3)c(CCCCC(=O)O)nc2c1. The zero-order chi connectivity index (χ0) is 27.4. The fourth-order valence-corrected chi connectivity index (χ4v) is 5.71. The summed E-state index contributed by atoms with van der Waals surface area (Å²) in [4.78, 5) is 21.1. The van der Waals surface area contributed by atoms with E-state index in [1.807, 2.05) is 36.4 Å². The first-order valence-corrected chi connectivity index (χ1v) is 13.8. The van der Waals surface area contributed by atoms with Crippen molar-refractivity contribution in [3.8, 4) is 11.3 Å². The van der Waals surface area contributed by atoms with Crippen LogP contribution in [0.3, 0.4) is 0 Å². The summed E-state index contributed by atoms with van der Waals surface area (Å²) in [6.45, 7) is 4.64. The zero-order valence-corrected chi connectivity index (χ0v) is 23.0. The van der Waals surface area contributed by atoms with Crippen molar-refractivity contribution in [1.82, 2.24) is 15.3 Å². The maximum atomic E-state index is 11.0. The van der Waals surface area contributed by atoms with E-state index in [0.717, 1.165) is 52.8 Å². The van der Waals surface area contributed by atoms with Gasteiger partial charge in [0.1, 0.15) is 6.23 Å². The molecule has 0 bridgehead atoms. The number of unbranched alkanes of at least 4 members (excludes halogenated alkanes) is 1. The molecule has 2 N–H and O–H groups in total. The number of aromatic nitrogens is 2. The first kappa shape index (κ1) is 27.0. The summed E-state index contributed by atoms with van der Waals surface area (Å²) in [5.74, 6) is -0.769. The summed E-state index contributed by atoms with van der Waals surface area (Å²) >= 11 is 0. The summed E-state index contributed by atoms with van der Waals surface area (Å²) in [5.41, 5.74) is 8.30. The van der Waals surface area contributed by atoms with Crippen LogP contribution in [0.25, 0.3) is 22.3 Å². The van der Waals surface area contributed by atoms with Gasteiger partial charge in [0.25, 0.3) is 0 Å². The fourth-order valence-electron chi connectivity index (χ4n) is 5.71. The summed E-state index contributed by atoms with van der Waals surface area (Å²) in [6.07, 6.45) is 4.04. The van der Waals surface area contributed by atoms with E-state index in [4.69, 9.17) is 19.8 Å². The van der Waals surface area contributed by atoms with Crippen LogP contribution in [-0.2, 0) is 21.4 Å². The third-order valence-electron chi connectivity index (χ3n) is 7.88. The van der Waals surface area contributed by atoms with Crippen LogP contribution in [0.4, 0.5) is 0 Å². The molecule has 6 nitrogen and oxygen atoms in total. The molecule has 5 rings (SSSR count). The first-order chi connectivity index (χ1) is 18.9. The number of carbonyl (C=O) groups is 1. The Bertz CT molecular complexity index is 1450. The van der Waals surface area contributed by atoms with Crippen molar-refractivity contribution < 1.29 is 14.6 Å². The van der Waals surface area contributed by atoms with Crippen LogP contribution >= 0.6 is 0 Å². The van der Waals surface area contributed by atoms with Gasteiger partial charge in [0.05, 0.1) is 22.4 Å². The van der Waals surface area contributed by atoms with Crippen molar-refractivity contribution in [1.29, 1.82) is 0 Å². The Morgan fingerprint density at radius 2 is 1.79 bits per heavy atom. The van der Waals surface area contributed by atoms with Crippen molar-refractivity contribution in [2.24, 2.45) is 0 Å². The molecule has 0 amide bonds. The minimum absolute atomic E-state index is 0.160. The number of aryl methyl sites for hydroxylation is 1. The highest BCUT2D eigenvalue weighted by atomic mass is 16.5. The van der Waals surface area contributed by atoms with Crippen LogP contribution < -0.4 is 5.32 Å². The maximum Gasteiger partial charge on any atom is 0.303 e. The largest absolute Gasteiger partial charge is 0.481 e. The monoisotopic (exact) mass is 523 g/mol. The molecule has 2 unspecified atom stereocenters. The Hall–Kier alpha value is -3.61. The molecule has 1 aliphatic carbocycles. The number of hydrogen-bond acceptors (Lipinski definition) is 5. The standard InChI is InChI=1S/C33H37N3O3/c1-33(2)20-19-26(24-13-7-8-14-25(24)33)36-32(39-3)23-17-18-27-29(21-23)34-28(15-9-10-16-30(37)38)31(35-27)22-11-5-4-6-12-22/h4-8,11-14,17-18,21,26,32,36H,9-10,15-16,19-20H2,1-3H3,(H,37,38). The minimum Gasteiger partial charge on any atom is -0.481 e. The Morgan fingerprint density at radius 1 is 1.03 bits per heavy atom. The number of nitrogens with zero attached hydrogens (tertiary/aromatic N) is 2. The number of rotatable bonds is 10. The Morgan fingerprint density at radius 3 is 2.56 bits per heavy atom. The molecule has 0 aliphatic heterocycles. The van der Waals surface area contributed by atoms with E-state index in [-0.39, 0.29) is 24.1 Å². The van der Waals surface area contributed by atoms with E-state index in [1.165, 1.54) is 11.1 Å². The molecule has 39 heavy (non-hydrogen) atoms. The number of fused-ring (bicyclic) bond motifs is 2. The Kier molecular flexibility index (Phi) is 8.05. The maximum absolute atomic E-state index is 11.0. The zero-order valence-electron chi connectivity index (χ0n) is 23.0. The molecule has 0 fully saturated rings. The van der Waals surface area contributed by atoms with E-state index >= 15 is 0 Å². The molecule has 1 heterocycles. The number of benzene rings is 3. The van der Waals surface area contributed by atoms with Crippen LogP contribution in [0.15, 0.2) is 72.8 Å². The van der Waals surface area contributed by atoms with Gasteiger partial charge in [-0.2, -0.15) is 0 Å². The molecule has 202 valence electrons. The summed E-state index contributed by atoms with van der Waals surface area (Å²) < 4.78 is 5.97. The molecule has 0 saturated carbocycles. The van der Waals surface area contributed by atoms with Crippen LogP contribution in [-0.4, -0.2) is 28.2 Å². The average Bonchev–Trinajstić information content (AvgIpc) is 2.95. The lowest BCUT2D eigenvalue weighted by atomic mass is 9.71. The molecule has 4 aromatic rings. The van der Waals surface area contributed by atoms with Crippen LogP contribution in [0.5, 0.6) is 0 Å². The molecule has 1 aromatic heterocycles. The van der Waals surface area contributed by atoms with Crippen molar-refractivity contribution >= 4 is 17.0 Å². The quantitative estimate of drug-likeness (QED) is 0.170. The molecule has 1 aliphatic rings. The number of aliphatic carboxylic acids is 1. The van der Waals surface area contributed by atoms with Crippen LogP contribution in [0, 0.1) is 0 Å². The van der Waals surface area contributed by atoms with Crippen molar-refractivity contribution in [3.05, 3.63) is 95.2 Å². The van der Waals surface area contributed by atoms with Gasteiger partial charge in [0.15, 0.2) is 0 Å². The van der Waals surface area contributed by atoms with E-state index in [1.54, 1.807) is 7.11 Å². The number of hydrogen-bond donors (Lipinski definition) is 2. The molecular weight excluding hydrogens is 486 g/mol. The molecule has 0 spiro atoms. The third kappa shape index (κ3) is 6.02. The molecular formula is C33H37N3O3. The summed E-state index contributed by atoms with van der Waals surface area (Å²) in [6, 6.07) is 25.1. The summed E-state index contributed by atoms with van der Waals surface area (Å²) in [5, 5.41) is 12.8. The predicted molar refractivity (Wildman–Crippen MR) is 154 cm³/mol. The van der Waals surface area contributed by atoms with E-state index < -0.39 is 5.97 Å². The number of carboxylic acid groups (broad SMARTS) is 1. The average molecular weight is 524 g/mol. The van der Waals surface area contributed by atoms with Crippen molar-refractivity contribution in [3.63, 3.8) is 0 Å². The molecule has 2 atom stereocenters. The highest BCUT2D eigenvalue weighted by Crippen LogP contribution is 2.42. The van der Waals surface area contributed by atoms with Gasteiger partial charge in [-0.1, -0.05) is 74.5 Å². The van der Waals surface area contributed by atoms with Gasteiger partial charge in [-0.05, 0) is 66.3 Å². The van der Waals surface area contributed by atoms with Gasteiger partial charge in [-0.25, -0.2) is 9.97 Å². The number of nitrogens with one attached hydrogen (secondary N) is 1. The molecule has 0 saturated heterocycles. The van der Waals surface area contributed by atoms with Gasteiger partial charge in [-0.3, -0.25) is 10.1 Å². The lowest BCUT2D eigenvalue weighted by molar-refractivity contribution is -0.137. The molecule has 3 aromatic carbocycles. The van der Waals surface area contributed by atoms with Crippen LogP contribution in [0.1, 0.15) is 80.6 Å². The van der Waals surface area contributed by atoms with Crippen molar-refractivity contribution in [2.45, 2.75) is 70.1 Å². The fraction of sp³-hybridized carbons (Fsp3) is 0.364. The highest BCUT2D eigenvalue weighted by molar-refractivity contribution is 5.79. The lowest BCUT2D eigenvalue weighted by Crippen LogP contribution is -2.35. The topological polar surface area (TPSA) is 84.3 Å². The van der Waals surface area contributed by atoms with E-state index in [9.17, 15) is 4.79 Å². The minimum atomic E-state index is -0.769. The van der Waals surface area contributed by atoms with Gasteiger partial charge in [-0.15, -0.1) is 0 Å². The number of methoxy groups -OCH3 is 1. The van der Waals surface area contributed by atoms with Gasteiger partial charge >= 0.3 is 5.97 Å². The number of ether oxygens (including phenoxy) is 1. The number of carboxylic acids is 1. The second-order valence-corrected chi connectivity index (χ2v) is 11.1. The lowest BCUT2D eigenvalue weighted by Gasteiger charge is -2.38. The Balaban J connectivity index is 1.45. The second-order valence-electron chi connectivity index (χ2n) is 11.1. The third-order valence-corrected chi connectivity index (χ3v) is 7.88. The van der Waals surface area contributed by atoms with Gasteiger partial charge in [0.2, 0.25) is 0 Å². The van der Waals surface area contributed by atoms with Crippen molar-refractivity contribution in [2.75, 3.05) is 7.11 Å².